The Hall–Kier alpha value is -1.28. The van der Waals surface area contributed by atoms with Crippen LogP contribution in [0.2, 0.25) is 0 Å². The molecule has 0 amide bonds. The second-order valence-corrected chi connectivity index (χ2v) is 2.35. The molecule has 0 bridgehead atoms. The number of para-hydroxylation sites is 1. The van der Waals surface area contributed by atoms with Crippen molar-refractivity contribution in [1.29, 1.82) is 0 Å². The Labute approximate surface area is 72.1 Å². The van der Waals surface area contributed by atoms with Crippen LogP contribution in [-0.2, 0) is 6.61 Å². The fourth-order valence-corrected chi connectivity index (χ4v) is 0.891. The number of ether oxygens (including phenoxy) is 1. The lowest BCUT2D eigenvalue weighted by atomic mass is 10.2. The minimum atomic E-state index is 0.00767. The summed E-state index contributed by atoms with van der Waals surface area (Å²) in [5.41, 5.74) is 0.801. The topological polar surface area (TPSA) is 29.5 Å². The van der Waals surface area contributed by atoms with E-state index < -0.39 is 0 Å². The first-order valence-electron chi connectivity index (χ1n) is 3.85. The molecule has 0 radical (unpaired) electrons. The van der Waals surface area contributed by atoms with Crippen molar-refractivity contribution in [2.45, 2.75) is 13.5 Å². The van der Waals surface area contributed by atoms with Crippen molar-refractivity contribution < 1.29 is 9.84 Å². The highest BCUT2D eigenvalue weighted by Gasteiger charge is 1.97. The number of benzene rings is 1. The van der Waals surface area contributed by atoms with Gasteiger partial charge in [0.15, 0.2) is 0 Å². The standard InChI is InChI=1S/C10H12O2/c1-2-7-12-10-6-4-3-5-9(10)8-11/h2-7,11H,8H2,1H3. The van der Waals surface area contributed by atoms with E-state index in [1.807, 2.05) is 31.2 Å². The fourth-order valence-electron chi connectivity index (χ4n) is 0.891. The van der Waals surface area contributed by atoms with Crippen LogP contribution >= 0.6 is 0 Å². The summed E-state index contributed by atoms with van der Waals surface area (Å²) in [6.07, 6.45) is 3.39. The van der Waals surface area contributed by atoms with Crippen LogP contribution in [0.1, 0.15) is 12.5 Å². The van der Waals surface area contributed by atoms with Crippen molar-refractivity contribution >= 4 is 0 Å². The van der Waals surface area contributed by atoms with E-state index in [1.165, 1.54) is 0 Å². The molecule has 1 aromatic carbocycles. The van der Waals surface area contributed by atoms with Gasteiger partial charge in [0.05, 0.1) is 12.9 Å². The predicted molar refractivity (Wildman–Crippen MR) is 47.8 cm³/mol. The van der Waals surface area contributed by atoms with Gasteiger partial charge in [-0.3, -0.25) is 0 Å². The number of hydrogen-bond donors (Lipinski definition) is 1. The van der Waals surface area contributed by atoms with Crippen molar-refractivity contribution in [3.63, 3.8) is 0 Å². The zero-order valence-electron chi connectivity index (χ0n) is 7.03. The first-order chi connectivity index (χ1) is 5.88. The van der Waals surface area contributed by atoms with Gasteiger partial charge in [-0.1, -0.05) is 24.3 Å². The summed E-state index contributed by atoms with van der Waals surface area (Å²) in [5, 5.41) is 8.91. The third kappa shape index (κ3) is 2.10. The molecule has 0 saturated carbocycles. The molecule has 0 aromatic heterocycles. The van der Waals surface area contributed by atoms with Gasteiger partial charge in [0.25, 0.3) is 0 Å². The van der Waals surface area contributed by atoms with Crippen LogP contribution in [0.5, 0.6) is 5.75 Å². The molecule has 0 aliphatic carbocycles. The molecule has 0 heterocycles. The SMILES string of the molecule is CC=COc1ccccc1CO. The average Bonchev–Trinajstić information content (AvgIpc) is 2.15. The molecular formula is C10H12O2. The van der Waals surface area contributed by atoms with E-state index in [2.05, 4.69) is 0 Å². The van der Waals surface area contributed by atoms with Crippen LogP contribution in [-0.4, -0.2) is 5.11 Å². The van der Waals surface area contributed by atoms with Gasteiger partial charge in [-0.05, 0) is 13.0 Å². The zero-order valence-corrected chi connectivity index (χ0v) is 7.03. The second kappa shape index (κ2) is 4.57. The normalized spacial score (nSPS) is 10.5. The molecule has 0 aliphatic rings. The maximum atomic E-state index is 8.91. The van der Waals surface area contributed by atoms with Gasteiger partial charge in [-0.2, -0.15) is 0 Å². The molecule has 2 heteroatoms. The molecule has 0 spiro atoms. The highest BCUT2D eigenvalue weighted by atomic mass is 16.5. The lowest BCUT2D eigenvalue weighted by molar-refractivity contribution is 0.276. The van der Waals surface area contributed by atoms with Gasteiger partial charge in [0.2, 0.25) is 0 Å². The maximum Gasteiger partial charge on any atom is 0.132 e. The van der Waals surface area contributed by atoms with E-state index in [0.717, 1.165) is 5.56 Å². The van der Waals surface area contributed by atoms with Gasteiger partial charge in [-0.15, -0.1) is 0 Å². The molecule has 0 saturated heterocycles. The Morgan fingerprint density at radius 3 is 2.83 bits per heavy atom. The summed E-state index contributed by atoms with van der Waals surface area (Å²) >= 11 is 0. The number of hydrogen-bond acceptors (Lipinski definition) is 2. The monoisotopic (exact) mass is 164 g/mol. The van der Waals surface area contributed by atoms with Crippen LogP contribution in [0.4, 0.5) is 0 Å². The number of aliphatic hydroxyl groups excluding tert-OH is 1. The van der Waals surface area contributed by atoms with Crippen molar-refractivity contribution in [2.24, 2.45) is 0 Å². The zero-order chi connectivity index (χ0) is 8.81. The molecule has 2 nitrogen and oxygen atoms in total. The molecule has 0 fully saturated rings. The Balaban J connectivity index is 2.81. The lowest BCUT2D eigenvalue weighted by Gasteiger charge is -2.04. The quantitative estimate of drug-likeness (QED) is 0.693. The van der Waals surface area contributed by atoms with E-state index in [0.29, 0.717) is 5.75 Å². The Morgan fingerprint density at radius 1 is 1.42 bits per heavy atom. The highest BCUT2D eigenvalue weighted by molar-refractivity contribution is 5.33. The van der Waals surface area contributed by atoms with Crippen molar-refractivity contribution in [1.82, 2.24) is 0 Å². The Morgan fingerprint density at radius 2 is 2.17 bits per heavy atom. The molecule has 12 heavy (non-hydrogen) atoms. The predicted octanol–water partition coefficient (Wildman–Crippen LogP) is 2.09. The van der Waals surface area contributed by atoms with Gasteiger partial charge in [0.1, 0.15) is 5.75 Å². The summed E-state index contributed by atoms with van der Waals surface area (Å²) in [6.45, 7) is 1.88. The van der Waals surface area contributed by atoms with Crippen molar-refractivity contribution in [3.8, 4) is 5.75 Å². The average molecular weight is 164 g/mol. The summed E-state index contributed by atoms with van der Waals surface area (Å²) in [7, 11) is 0. The lowest BCUT2D eigenvalue weighted by Crippen LogP contribution is -1.89. The largest absolute Gasteiger partial charge is 0.465 e. The van der Waals surface area contributed by atoms with E-state index in [9.17, 15) is 0 Å². The van der Waals surface area contributed by atoms with Crippen molar-refractivity contribution in [2.75, 3.05) is 0 Å². The number of rotatable bonds is 3. The summed E-state index contributed by atoms with van der Waals surface area (Å²) in [5.74, 6) is 0.707. The molecule has 0 aliphatic heterocycles. The molecule has 0 unspecified atom stereocenters. The van der Waals surface area contributed by atoms with E-state index in [1.54, 1.807) is 12.3 Å². The van der Waals surface area contributed by atoms with E-state index in [4.69, 9.17) is 9.84 Å². The van der Waals surface area contributed by atoms with Crippen LogP contribution < -0.4 is 4.74 Å². The minimum Gasteiger partial charge on any atom is -0.465 e. The Kier molecular flexibility index (Phi) is 3.35. The van der Waals surface area contributed by atoms with Gasteiger partial charge >= 0.3 is 0 Å². The fraction of sp³-hybridized carbons (Fsp3) is 0.200. The van der Waals surface area contributed by atoms with Gasteiger partial charge in [0, 0.05) is 5.56 Å². The second-order valence-electron chi connectivity index (χ2n) is 2.35. The molecule has 1 rings (SSSR count). The minimum absolute atomic E-state index is 0.00767. The smallest absolute Gasteiger partial charge is 0.132 e. The third-order valence-electron chi connectivity index (χ3n) is 1.47. The van der Waals surface area contributed by atoms with Crippen LogP contribution in [0.25, 0.3) is 0 Å². The first kappa shape index (κ1) is 8.81. The van der Waals surface area contributed by atoms with E-state index in [-0.39, 0.29) is 6.61 Å². The Bertz CT molecular complexity index is 266. The van der Waals surface area contributed by atoms with Crippen LogP contribution in [0.15, 0.2) is 36.6 Å². The summed E-state index contributed by atoms with van der Waals surface area (Å²) in [6, 6.07) is 7.40. The van der Waals surface area contributed by atoms with E-state index >= 15 is 0 Å². The number of aliphatic hydroxyl groups is 1. The maximum absolute atomic E-state index is 8.91. The first-order valence-corrected chi connectivity index (χ1v) is 3.85. The summed E-state index contributed by atoms with van der Waals surface area (Å²) < 4.78 is 5.24. The highest BCUT2D eigenvalue weighted by Crippen LogP contribution is 2.17. The summed E-state index contributed by atoms with van der Waals surface area (Å²) in [4.78, 5) is 0. The molecule has 64 valence electrons. The van der Waals surface area contributed by atoms with Crippen molar-refractivity contribution in [3.05, 3.63) is 42.2 Å². The third-order valence-corrected chi connectivity index (χ3v) is 1.47. The van der Waals surface area contributed by atoms with Gasteiger partial charge in [-0.25, -0.2) is 0 Å². The van der Waals surface area contributed by atoms with Crippen LogP contribution in [0.3, 0.4) is 0 Å². The van der Waals surface area contributed by atoms with Crippen LogP contribution in [0, 0.1) is 0 Å². The molecular weight excluding hydrogens is 152 g/mol. The molecule has 1 aromatic rings. The number of allylic oxidation sites excluding steroid dienone is 1. The molecule has 0 atom stereocenters. The van der Waals surface area contributed by atoms with Gasteiger partial charge < -0.3 is 9.84 Å². The molecule has 1 N–H and O–H groups in total.